The van der Waals surface area contributed by atoms with Crippen molar-refractivity contribution in [3.05, 3.63) is 63.5 Å². The van der Waals surface area contributed by atoms with Gasteiger partial charge in [-0.3, -0.25) is 14.2 Å². The molecule has 1 saturated heterocycles. The normalized spacial score (nSPS) is 18.3. The van der Waals surface area contributed by atoms with Crippen LogP contribution in [0.2, 0.25) is 0 Å². The standard InChI is InChI=1S/C26H22F7N5O4/c1-11-9-36(4-5-37(11)25(41)42)23-18(30)8-14-20(39)15(24(40)34-21(12-2-3-12)26(31,32)33)10-38(22(14)35-23)19-16(28)6-13(27)7-17(19)29/h6-8,10-12,21H,2-5,9H2,1H3,(H,34,40)(H,41,42)/t11-,21-/m0/s1. The van der Waals surface area contributed by atoms with Gasteiger partial charge >= 0.3 is 12.3 Å². The molecule has 3 aromatic rings. The van der Waals surface area contributed by atoms with Crippen molar-refractivity contribution in [3.63, 3.8) is 0 Å². The van der Waals surface area contributed by atoms with Crippen molar-refractivity contribution in [2.45, 2.75) is 38.0 Å². The molecule has 224 valence electrons. The molecule has 2 amide bonds. The quantitative estimate of drug-likeness (QED) is 0.425. The van der Waals surface area contributed by atoms with Gasteiger partial charge in [0.25, 0.3) is 5.91 Å². The van der Waals surface area contributed by atoms with Crippen LogP contribution in [0, 0.1) is 29.2 Å². The van der Waals surface area contributed by atoms with Crippen molar-refractivity contribution in [1.29, 1.82) is 0 Å². The number of carbonyl (C=O) groups excluding carboxylic acids is 1. The number of carbonyl (C=O) groups is 2. The van der Waals surface area contributed by atoms with Gasteiger partial charge in [0.1, 0.15) is 23.1 Å². The molecule has 0 bridgehead atoms. The van der Waals surface area contributed by atoms with Crippen molar-refractivity contribution < 1.29 is 45.4 Å². The molecule has 1 saturated carbocycles. The van der Waals surface area contributed by atoms with E-state index < -0.39 is 93.0 Å². The van der Waals surface area contributed by atoms with Crippen molar-refractivity contribution in [2.75, 3.05) is 24.5 Å². The largest absolute Gasteiger partial charge is 0.465 e. The minimum Gasteiger partial charge on any atom is -0.465 e. The number of benzene rings is 1. The Kier molecular flexibility index (Phi) is 7.27. The third-order valence-electron chi connectivity index (χ3n) is 7.29. The summed E-state index contributed by atoms with van der Waals surface area (Å²) in [5.74, 6) is -8.30. The molecule has 0 radical (unpaired) electrons. The Morgan fingerprint density at radius 1 is 1.05 bits per heavy atom. The van der Waals surface area contributed by atoms with Crippen molar-refractivity contribution in [3.8, 4) is 5.69 Å². The van der Waals surface area contributed by atoms with Gasteiger partial charge in [-0.05, 0) is 31.7 Å². The average molecular weight is 601 g/mol. The molecule has 16 heteroatoms. The Balaban J connectivity index is 1.68. The van der Waals surface area contributed by atoms with E-state index in [4.69, 9.17) is 0 Å². The predicted octanol–water partition coefficient (Wildman–Crippen LogP) is 4.20. The number of amides is 2. The summed E-state index contributed by atoms with van der Waals surface area (Å²) in [4.78, 5) is 44.2. The molecule has 2 fully saturated rings. The summed E-state index contributed by atoms with van der Waals surface area (Å²) in [5.41, 5.74) is -3.86. The number of nitrogens with one attached hydrogen (secondary N) is 1. The highest BCUT2D eigenvalue weighted by molar-refractivity contribution is 5.97. The van der Waals surface area contributed by atoms with Crippen molar-refractivity contribution in [2.24, 2.45) is 5.92 Å². The number of nitrogens with zero attached hydrogens (tertiary/aromatic N) is 4. The molecule has 0 spiro atoms. The van der Waals surface area contributed by atoms with Crippen molar-refractivity contribution >= 4 is 28.9 Å². The number of anilines is 1. The van der Waals surface area contributed by atoms with Crippen LogP contribution in [-0.4, -0.2) is 69.5 Å². The van der Waals surface area contributed by atoms with E-state index in [1.165, 1.54) is 4.90 Å². The highest BCUT2D eigenvalue weighted by Crippen LogP contribution is 2.40. The lowest BCUT2D eigenvalue weighted by Gasteiger charge is -2.38. The van der Waals surface area contributed by atoms with Gasteiger partial charge in [0.05, 0.1) is 5.39 Å². The molecule has 2 aromatic heterocycles. The first kappa shape index (κ1) is 29.1. The summed E-state index contributed by atoms with van der Waals surface area (Å²) < 4.78 is 100. The molecule has 5 rings (SSSR count). The zero-order valence-electron chi connectivity index (χ0n) is 21.7. The van der Waals surface area contributed by atoms with Gasteiger partial charge in [-0.15, -0.1) is 0 Å². The topological polar surface area (TPSA) is 108 Å². The fourth-order valence-corrected chi connectivity index (χ4v) is 5.08. The summed E-state index contributed by atoms with van der Waals surface area (Å²) in [6, 6.07) is -1.70. The number of fused-ring (bicyclic) bond motifs is 1. The van der Waals surface area contributed by atoms with Crippen LogP contribution in [0.4, 0.5) is 41.3 Å². The van der Waals surface area contributed by atoms with Gasteiger partial charge < -0.3 is 20.2 Å². The lowest BCUT2D eigenvalue weighted by Crippen LogP contribution is -2.54. The first-order valence-corrected chi connectivity index (χ1v) is 12.7. The van der Waals surface area contributed by atoms with E-state index in [-0.39, 0.29) is 32.5 Å². The van der Waals surface area contributed by atoms with E-state index in [1.54, 1.807) is 12.2 Å². The third-order valence-corrected chi connectivity index (χ3v) is 7.29. The molecule has 2 atom stereocenters. The number of piperazine rings is 1. The smallest absolute Gasteiger partial charge is 0.408 e. The molecule has 2 N–H and O–H groups in total. The number of pyridine rings is 2. The number of carboxylic acid groups (broad SMARTS) is 1. The number of rotatable bonds is 5. The second kappa shape index (κ2) is 10.5. The number of hydrogen-bond donors (Lipinski definition) is 2. The van der Waals surface area contributed by atoms with Crippen LogP contribution in [-0.2, 0) is 0 Å². The molecule has 9 nitrogen and oxygen atoms in total. The molecule has 1 aliphatic heterocycles. The van der Waals surface area contributed by atoms with Crippen LogP contribution < -0.4 is 15.6 Å². The lowest BCUT2D eigenvalue weighted by molar-refractivity contribution is -0.158. The van der Waals surface area contributed by atoms with Gasteiger partial charge in [0.15, 0.2) is 28.9 Å². The SMILES string of the molecule is C[C@H]1CN(c2nc3c(cc2F)c(=O)c(C(=O)N[C@@H](C2CC2)C(F)(F)F)cn3-c2c(F)cc(F)cc2F)CCN1C(=O)O. The third kappa shape index (κ3) is 5.32. The zero-order valence-corrected chi connectivity index (χ0v) is 21.7. The van der Waals surface area contributed by atoms with E-state index in [0.717, 1.165) is 4.90 Å². The summed E-state index contributed by atoms with van der Waals surface area (Å²) in [6.07, 6.45) is -5.14. The molecule has 42 heavy (non-hydrogen) atoms. The Bertz CT molecular complexity index is 1630. The Hall–Kier alpha value is -4.37. The first-order valence-electron chi connectivity index (χ1n) is 12.7. The second-order valence-corrected chi connectivity index (χ2v) is 10.2. The fraction of sp³-hybridized carbons (Fsp3) is 0.385. The van der Waals surface area contributed by atoms with E-state index in [0.29, 0.717) is 29.0 Å². The maximum Gasteiger partial charge on any atom is 0.408 e. The molecular formula is C26H22F7N5O4. The zero-order chi connectivity index (χ0) is 30.7. The van der Waals surface area contributed by atoms with E-state index in [2.05, 4.69) is 4.98 Å². The van der Waals surface area contributed by atoms with Gasteiger partial charge in [0, 0.05) is 44.0 Å². The lowest BCUT2D eigenvalue weighted by atomic mass is 10.1. The number of halogens is 7. The monoisotopic (exact) mass is 601 g/mol. The summed E-state index contributed by atoms with van der Waals surface area (Å²) in [6.45, 7) is 1.41. The minimum absolute atomic E-state index is 0.0456. The predicted molar refractivity (Wildman–Crippen MR) is 134 cm³/mol. The van der Waals surface area contributed by atoms with Crippen molar-refractivity contribution in [1.82, 2.24) is 19.8 Å². The first-order chi connectivity index (χ1) is 19.7. The summed E-state index contributed by atoms with van der Waals surface area (Å²) in [5, 5.41) is 10.4. The van der Waals surface area contributed by atoms with E-state index >= 15 is 4.39 Å². The Morgan fingerprint density at radius 2 is 1.69 bits per heavy atom. The molecule has 0 unspecified atom stereocenters. The maximum atomic E-state index is 15.4. The van der Waals surface area contributed by atoms with E-state index in [9.17, 15) is 45.8 Å². The molecule has 1 aliphatic carbocycles. The van der Waals surface area contributed by atoms with Crippen LogP contribution in [0.25, 0.3) is 16.7 Å². The molecule has 3 heterocycles. The number of alkyl halides is 3. The summed E-state index contributed by atoms with van der Waals surface area (Å²) in [7, 11) is 0. The molecular weight excluding hydrogens is 579 g/mol. The van der Waals surface area contributed by atoms with Gasteiger partial charge in [-0.2, -0.15) is 13.2 Å². The molecule has 1 aromatic carbocycles. The second-order valence-electron chi connectivity index (χ2n) is 10.2. The van der Waals surface area contributed by atoms with Crippen LogP contribution in [0.5, 0.6) is 0 Å². The molecule has 2 aliphatic rings. The van der Waals surface area contributed by atoms with Crippen LogP contribution in [0.3, 0.4) is 0 Å². The van der Waals surface area contributed by atoms with E-state index in [1.807, 2.05) is 0 Å². The van der Waals surface area contributed by atoms with Gasteiger partial charge in [-0.25, -0.2) is 27.3 Å². The van der Waals surface area contributed by atoms with Gasteiger partial charge in [-0.1, -0.05) is 0 Å². The maximum absolute atomic E-state index is 15.4. The van der Waals surface area contributed by atoms with Crippen LogP contribution >= 0.6 is 0 Å². The number of hydrogen-bond acceptors (Lipinski definition) is 5. The Morgan fingerprint density at radius 3 is 2.24 bits per heavy atom. The van der Waals surface area contributed by atoms with Gasteiger partial charge in [0.2, 0.25) is 5.43 Å². The van der Waals surface area contributed by atoms with Crippen LogP contribution in [0.1, 0.15) is 30.1 Å². The Labute approximate surface area is 232 Å². The highest BCUT2D eigenvalue weighted by atomic mass is 19.4. The number of aromatic nitrogens is 2. The average Bonchev–Trinajstić information content (AvgIpc) is 3.72. The summed E-state index contributed by atoms with van der Waals surface area (Å²) >= 11 is 0. The minimum atomic E-state index is -4.85. The highest BCUT2D eigenvalue weighted by Gasteiger charge is 2.50. The van der Waals surface area contributed by atoms with Crippen LogP contribution in [0.15, 0.2) is 29.2 Å². The fourth-order valence-electron chi connectivity index (χ4n) is 5.08.